The monoisotopic (exact) mass is 260 g/mol. The number of carboxylic acid groups (broad SMARTS) is 1. The number of aromatic carboxylic acids is 1. The molecule has 0 spiro atoms. The first kappa shape index (κ1) is 13.6. The van der Waals surface area contributed by atoms with Crippen molar-refractivity contribution < 1.29 is 9.90 Å². The Bertz CT molecular complexity index is 601. The number of carbonyl (C=O) groups is 1. The zero-order valence-electron chi connectivity index (χ0n) is 11.7. The minimum absolute atomic E-state index is 0.269. The number of benzene rings is 1. The number of hydrogen-bond acceptors (Lipinski definition) is 2. The lowest BCUT2D eigenvalue weighted by atomic mass is 10.1. The van der Waals surface area contributed by atoms with Gasteiger partial charge in [0.2, 0.25) is 0 Å². The molecule has 0 saturated carbocycles. The Morgan fingerprint density at radius 1 is 1.42 bits per heavy atom. The molecule has 0 bridgehead atoms. The second kappa shape index (κ2) is 5.43. The molecule has 1 atom stereocenters. The zero-order chi connectivity index (χ0) is 14.0. The van der Waals surface area contributed by atoms with Crippen molar-refractivity contribution in [3.05, 3.63) is 29.6 Å². The van der Waals surface area contributed by atoms with Gasteiger partial charge in [-0.2, -0.15) is 0 Å². The smallest absolute Gasteiger partial charge is 0.337 e. The van der Waals surface area contributed by atoms with E-state index in [4.69, 9.17) is 0 Å². The SMILES string of the molecule is CCCC(C)n1c(CC)nc2cccc(C(=O)O)c21. The number of carboxylic acids is 1. The van der Waals surface area contributed by atoms with Gasteiger partial charge in [-0.3, -0.25) is 0 Å². The molecular weight excluding hydrogens is 240 g/mol. The van der Waals surface area contributed by atoms with Crippen LogP contribution in [0.15, 0.2) is 18.2 Å². The van der Waals surface area contributed by atoms with Crippen LogP contribution in [0.5, 0.6) is 0 Å². The van der Waals surface area contributed by atoms with Crippen LogP contribution in [0.3, 0.4) is 0 Å². The molecule has 0 amide bonds. The third kappa shape index (κ3) is 2.35. The molecule has 0 aliphatic carbocycles. The summed E-state index contributed by atoms with van der Waals surface area (Å²) in [7, 11) is 0. The quantitative estimate of drug-likeness (QED) is 0.892. The number of imidazole rings is 1. The van der Waals surface area contributed by atoms with E-state index in [0.29, 0.717) is 5.56 Å². The van der Waals surface area contributed by atoms with Crippen molar-refractivity contribution in [1.82, 2.24) is 9.55 Å². The van der Waals surface area contributed by atoms with Gasteiger partial charge in [-0.25, -0.2) is 9.78 Å². The minimum atomic E-state index is -0.891. The summed E-state index contributed by atoms with van der Waals surface area (Å²) in [6.45, 7) is 6.32. The third-order valence-corrected chi connectivity index (χ3v) is 3.48. The lowest BCUT2D eigenvalue weighted by molar-refractivity contribution is 0.0698. The molecule has 2 rings (SSSR count). The fourth-order valence-corrected chi connectivity index (χ4v) is 2.64. The molecule has 1 unspecified atom stereocenters. The van der Waals surface area contributed by atoms with Crippen molar-refractivity contribution in [2.24, 2.45) is 0 Å². The Labute approximate surface area is 113 Å². The number of aromatic nitrogens is 2. The van der Waals surface area contributed by atoms with Crippen LogP contribution in [0.2, 0.25) is 0 Å². The van der Waals surface area contributed by atoms with Crippen LogP contribution in [0.4, 0.5) is 0 Å². The Balaban J connectivity index is 2.73. The first-order chi connectivity index (χ1) is 9.10. The second-order valence-corrected chi connectivity index (χ2v) is 4.87. The summed E-state index contributed by atoms with van der Waals surface area (Å²) in [5.74, 6) is 0.0720. The fraction of sp³-hybridized carbons (Fsp3) is 0.467. The maximum atomic E-state index is 11.4. The first-order valence-corrected chi connectivity index (χ1v) is 6.83. The molecule has 0 radical (unpaired) electrons. The van der Waals surface area contributed by atoms with E-state index in [1.165, 1.54) is 0 Å². The van der Waals surface area contributed by atoms with Crippen molar-refractivity contribution in [1.29, 1.82) is 0 Å². The average Bonchev–Trinajstić information content (AvgIpc) is 2.76. The van der Waals surface area contributed by atoms with E-state index in [1.807, 2.05) is 6.07 Å². The standard InChI is InChI=1S/C15H20N2O2/c1-4-7-10(3)17-13(5-2)16-12-9-6-8-11(14(12)17)15(18)19/h6,8-10H,4-5,7H2,1-3H3,(H,18,19). The summed E-state index contributed by atoms with van der Waals surface area (Å²) in [6, 6.07) is 5.56. The van der Waals surface area contributed by atoms with Gasteiger partial charge in [0.1, 0.15) is 5.82 Å². The number of aryl methyl sites for hydroxylation is 1. The van der Waals surface area contributed by atoms with E-state index >= 15 is 0 Å². The topological polar surface area (TPSA) is 55.1 Å². The van der Waals surface area contributed by atoms with Crippen molar-refractivity contribution in [3.8, 4) is 0 Å². The van der Waals surface area contributed by atoms with Crippen LogP contribution in [-0.4, -0.2) is 20.6 Å². The van der Waals surface area contributed by atoms with E-state index in [0.717, 1.165) is 36.1 Å². The van der Waals surface area contributed by atoms with Crippen molar-refractivity contribution in [2.45, 2.75) is 46.1 Å². The number of para-hydroxylation sites is 1. The lowest BCUT2D eigenvalue weighted by Gasteiger charge is -2.17. The molecule has 1 heterocycles. The predicted molar refractivity (Wildman–Crippen MR) is 75.7 cm³/mol. The number of hydrogen-bond donors (Lipinski definition) is 1. The van der Waals surface area contributed by atoms with E-state index in [9.17, 15) is 9.90 Å². The molecule has 102 valence electrons. The summed E-state index contributed by atoms with van der Waals surface area (Å²) in [4.78, 5) is 16.0. The predicted octanol–water partition coefficient (Wildman–Crippen LogP) is 3.66. The largest absolute Gasteiger partial charge is 0.478 e. The van der Waals surface area contributed by atoms with Gasteiger partial charge < -0.3 is 9.67 Å². The maximum absolute atomic E-state index is 11.4. The van der Waals surface area contributed by atoms with Crippen LogP contribution >= 0.6 is 0 Å². The second-order valence-electron chi connectivity index (χ2n) is 4.87. The van der Waals surface area contributed by atoms with Gasteiger partial charge in [0.25, 0.3) is 0 Å². The summed E-state index contributed by atoms with van der Waals surface area (Å²) in [5, 5.41) is 9.36. The summed E-state index contributed by atoms with van der Waals surface area (Å²) in [5.41, 5.74) is 1.88. The molecule has 19 heavy (non-hydrogen) atoms. The van der Waals surface area contributed by atoms with Gasteiger partial charge in [0.05, 0.1) is 16.6 Å². The molecule has 4 nitrogen and oxygen atoms in total. The molecular formula is C15H20N2O2. The average molecular weight is 260 g/mol. The third-order valence-electron chi connectivity index (χ3n) is 3.48. The minimum Gasteiger partial charge on any atom is -0.478 e. The van der Waals surface area contributed by atoms with Crippen molar-refractivity contribution >= 4 is 17.0 Å². The molecule has 0 fully saturated rings. The molecule has 0 aliphatic heterocycles. The molecule has 1 N–H and O–H groups in total. The Hall–Kier alpha value is -1.84. The van der Waals surface area contributed by atoms with E-state index in [2.05, 4.69) is 30.3 Å². The maximum Gasteiger partial charge on any atom is 0.337 e. The highest BCUT2D eigenvalue weighted by atomic mass is 16.4. The molecule has 0 saturated heterocycles. The highest BCUT2D eigenvalue weighted by molar-refractivity contribution is 6.01. The van der Waals surface area contributed by atoms with Gasteiger partial charge in [-0.1, -0.05) is 26.3 Å². The van der Waals surface area contributed by atoms with Gasteiger partial charge in [-0.05, 0) is 25.5 Å². The van der Waals surface area contributed by atoms with Crippen molar-refractivity contribution in [3.63, 3.8) is 0 Å². The van der Waals surface area contributed by atoms with E-state index in [-0.39, 0.29) is 6.04 Å². The lowest BCUT2D eigenvalue weighted by Crippen LogP contribution is -2.11. The number of rotatable bonds is 5. The molecule has 0 aliphatic rings. The normalized spacial score (nSPS) is 12.8. The van der Waals surface area contributed by atoms with Crippen LogP contribution in [0.1, 0.15) is 55.8 Å². The van der Waals surface area contributed by atoms with Crippen LogP contribution in [-0.2, 0) is 6.42 Å². The molecule has 2 aromatic rings. The zero-order valence-corrected chi connectivity index (χ0v) is 11.7. The van der Waals surface area contributed by atoms with Crippen LogP contribution in [0, 0.1) is 0 Å². The van der Waals surface area contributed by atoms with Gasteiger partial charge in [0.15, 0.2) is 0 Å². The van der Waals surface area contributed by atoms with E-state index < -0.39 is 5.97 Å². The summed E-state index contributed by atoms with van der Waals surface area (Å²) in [6.07, 6.45) is 2.90. The Morgan fingerprint density at radius 2 is 2.16 bits per heavy atom. The molecule has 1 aromatic carbocycles. The van der Waals surface area contributed by atoms with Crippen LogP contribution in [0.25, 0.3) is 11.0 Å². The Kier molecular flexibility index (Phi) is 3.88. The van der Waals surface area contributed by atoms with Crippen LogP contribution < -0.4 is 0 Å². The first-order valence-electron chi connectivity index (χ1n) is 6.83. The fourth-order valence-electron chi connectivity index (χ4n) is 2.64. The Morgan fingerprint density at radius 3 is 2.74 bits per heavy atom. The molecule has 4 heteroatoms. The van der Waals surface area contributed by atoms with Gasteiger partial charge in [-0.15, -0.1) is 0 Å². The molecule has 1 aromatic heterocycles. The summed E-state index contributed by atoms with van der Waals surface area (Å²) >= 11 is 0. The highest BCUT2D eigenvalue weighted by Crippen LogP contribution is 2.27. The van der Waals surface area contributed by atoms with E-state index in [1.54, 1.807) is 12.1 Å². The van der Waals surface area contributed by atoms with Gasteiger partial charge in [0, 0.05) is 12.5 Å². The van der Waals surface area contributed by atoms with Gasteiger partial charge >= 0.3 is 5.97 Å². The number of nitrogens with zero attached hydrogens (tertiary/aromatic N) is 2. The number of fused-ring (bicyclic) bond motifs is 1. The highest BCUT2D eigenvalue weighted by Gasteiger charge is 2.19. The van der Waals surface area contributed by atoms with Crippen molar-refractivity contribution in [2.75, 3.05) is 0 Å². The summed E-state index contributed by atoms with van der Waals surface area (Å²) < 4.78 is 2.10.